The molecule has 152 valence electrons. The summed E-state index contributed by atoms with van der Waals surface area (Å²) in [7, 11) is 1.66. The Labute approximate surface area is 171 Å². The molecule has 0 bridgehead atoms. The van der Waals surface area contributed by atoms with Crippen molar-refractivity contribution in [3.8, 4) is 5.75 Å². The zero-order chi connectivity index (χ0) is 20.1. The minimum Gasteiger partial charge on any atom is -0.497 e. The lowest BCUT2D eigenvalue weighted by Crippen LogP contribution is -2.48. The summed E-state index contributed by atoms with van der Waals surface area (Å²) in [6, 6.07) is 8.01. The lowest BCUT2D eigenvalue weighted by molar-refractivity contribution is 0.234. The van der Waals surface area contributed by atoms with Crippen molar-refractivity contribution in [3.63, 3.8) is 0 Å². The number of hydrogen-bond donors (Lipinski definition) is 2. The second kappa shape index (κ2) is 8.94. The Kier molecular flexibility index (Phi) is 5.93. The molecule has 0 unspecified atom stereocenters. The number of piperidine rings is 1. The number of ether oxygens (including phenoxy) is 1. The lowest BCUT2D eigenvalue weighted by atomic mass is 10.0. The minimum absolute atomic E-state index is 0.0946. The van der Waals surface area contributed by atoms with Gasteiger partial charge in [0.25, 0.3) is 0 Å². The van der Waals surface area contributed by atoms with Crippen LogP contribution in [0.1, 0.15) is 29.7 Å². The second-order valence-electron chi connectivity index (χ2n) is 7.42. The average molecular weight is 393 g/mol. The normalized spacial score (nSPS) is 15.8. The maximum Gasteiger partial charge on any atom is 0.315 e. The number of anilines is 1. The maximum atomic E-state index is 12.2. The number of benzene rings is 1. The molecule has 2 aliphatic rings. The number of hydrogen-bond acceptors (Lipinski definition) is 5. The Hall–Kier alpha value is -3.09. The Morgan fingerprint density at radius 2 is 2.00 bits per heavy atom. The quantitative estimate of drug-likeness (QED) is 0.789. The number of rotatable bonds is 6. The summed E-state index contributed by atoms with van der Waals surface area (Å²) in [5, 5.41) is 6.06. The molecule has 4 rings (SSSR count). The van der Waals surface area contributed by atoms with Crippen LogP contribution < -0.4 is 20.3 Å². The number of aromatic nitrogens is 2. The van der Waals surface area contributed by atoms with Gasteiger partial charge >= 0.3 is 6.03 Å². The molecule has 2 aromatic rings. The Morgan fingerprint density at radius 1 is 1.21 bits per heavy atom. The Bertz CT molecular complexity index is 873. The van der Waals surface area contributed by atoms with E-state index in [1.54, 1.807) is 13.4 Å². The van der Waals surface area contributed by atoms with Crippen LogP contribution in [0.5, 0.6) is 5.75 Å². The van der Waals surface area contributed by atoms with Gasteiger partial charge in [0, 0.05) is 37.7 Å². The van der Waals surface area contributed by atoms with Crippen molar-refractivity contribution >= 4 is 17.9 Å². The highest BCUT2D eigenvalue weighted by atomic mass is 16.5. The van der Waals surface area contributed by atoms with Crippen molar-refractivity contribution in [1.29, 1.82) is 0 Å². The molecule has 2 amide bonds. The number of methoxy groups -OCH3 is 1. The molecule has 1 aliphatic carbocycles. The average Bonchev–Trinajstić information content (AvgIpc) is 3.24. The van der Waals surface area contributed by atoms with Gasteiger partial charge in [0.2, 0.25) is 0 Å². The molecule has 1 aliphatic heterocycles. The van der Waals surface area contributed by atoms with Crippen molar-refractivity contribution < 1.29 is 9.53 Å². The third-order valence-electron chi connectivity index (χ3n) is 5.53. The van der Waals surface area contributed by atoms with Gasteiger partial charge in [-0.2, -0.15) is 0 Å². The highest BCUT2D eigenvalue weighted by molar-refractivity contribution is 5.74. The molecule has 0 radical (unpaired) electrons. The molecule has 2 heterocycles. The van der Waals surface area contributed by atoms with Crippen LogP contribution in [0.25, 0.3) is 6.08 Å². The first kappa shape index (κ1) is 19.2. The van der Waals surface area contributed by atoms with E-state index in [0.717, 1.165) is 61.6 Å². The summed E-state index contributed by atoms with van der Waals surface area (Å²) in [5.41, 5.74) is 3.42. The van der Waals surface area contributed by atoms with E-state index < -0.39 is 0 Å². The van der Waals surface area contributed by atoms with Crippen LogP contribution in [-0.4, -0.2) is 48.8 Å². The van der Waals surface area contributed by atoms with Crippen molar-refractivity contribution in [1.82, 2.24) is 20.6 Å². The molecule has 29 heavy (non-hydrogen) atoms. The van der Waals surface area contributed by atoms with Gasteiger partial charge in [0.05, 0.1) is 12.8 Å². The zero-order valence-corrected chi connectivity index (χ0v) is 16.7. The van der Waals surface area contributed by atoms with Crippen molar-refractivity contribution in [2.75, 3.05) is 31.6 Å². The van der Waals surface area contributed by atoms with Gasteiger partial charge in [-0.05, 0) is 37.0 Å². The van der Waals surface area contributed by atoms with Crippen LogP contribution in [0.3, 0.4) is 0 Å². The molecule has 1 aromatic carbocycles. The van der Waals surface area contributed by atoms with Gasteiger partial charge in [-0.3, -0.25) is 0 Å². The van der Waals surface area contributed by atoms with Gasteiger partial charge in [-0.15, -0.1) is 0 Å². The van der Waals surface area contributed by atoms with Crippen LogP contribution in [-0.2, 0) is 12.8 Å². The fourth-order valence-corrected chi connectivity index (χ4v) is 3.88. The molecule has 7 heteroatoms. The van der Waals surface area contributed by atoms with E-state index >= 15 is 0 Å². The third kappa shape index (κ3) is 4.67. The molecule has 2 N–H and O–H groups in total. The van der Waals surface area contributed by atoms with E-state index in [1.165, 1.54) is 5.56 Å². The SMILES string of the molecule is COc1ccc(CCNC(=O)NC2CCN(c3ncnc4c3C=CC4)CC2)cc1. The van der Waals surface area contributed by atoms with Gasteiger partial charge in [-0.1, -0.05) is 24.3 Å². The van der Waals surface area contributed by atoms with E-state index in [2.05, 4.69) is 37.7 Å². The molecule has 7 nitrogen and oxygen atoms in total. The summed E-state index contributed by atoms with van der Waals surface area (Å²) in [4.78, 5) is 23.4. The lowest BCUT2D eigenvalue weighted by Gasteiger charge is -2.33. The van der Waals surface area contributed by atoms with E-state index in [9.17, 15) is 4.79 Å². The topological polar surface area (TPSA) is 79.4 Å². The van der Waals surface area contributed by atoms with E-state index in [1.807, 2.05) is 24.3 Å². The first-order chi connectivity index (χ1) is 14.2. The van der Waals surface area contributed by atoms with Crippen molar-refractivity contribution in [3.05, 3.63) is 53.5 Å². The smallest absolute Gasteiger partial charge is 0.315 e. The van der Waals surface area contributed by atoms with Crippen LogP contribution >= 0.6 is 0 Å². The van der Waals surface area contributed by atoms with Crippen molar-refractivity contribution in [2.45, 2.75) is 31.7 Å². The van der Waals surface area contributed by atoms with Crippen LogP contribution in [0.2, 0.25) is 0 Å². The summed E-state index contributed by atoms with van der Waals surface area (Å²) in [6.07, 6.45) is 9.41. The second-order valence-corrected chi connectivity index (χ2v) is 7.42. The molecule has 1 fully saturated rings. The van der Waals surface area contributed by atoms with Gasteiger partial charge in [-0.25, -0.2) is 14.8 Å². The molecule has 0 spiro atoms. The number of allylic oxidation sites excluding steroid dienone is 1. The standard InChI is InChI=1S/C22H27N5O2/c1-29-18-7-5-16(6-8-18)9-12-23-22(28)26-17-10-13-27(14-11-17)21-19-3-2-4-20(19)24-15-25-21/h2-3,5-8,15,17H,4,9-14H2,1H3,(H2,23,26,28). The molecular formula is C22H27N5O2. The van der Waals surface area contributed by atoms with Crippen LogP contribution in [0.15, 0.2) is 36.7 Å². The third-order valence-corrected chi connectivity index (χ3v) is 5.53. The number of carbonyl (C=O) groups is 1. The first-order valence-electron chi connectivity index (χ1n) is 10.2. The molecule has 1 aromatic heterocycles. The maximum absolute atomic E-state index is 12.2. The highest BCUT2D eigenvalue weighted by Gasteiger charge is 2.24. The number of fused-ring (bicyclic) bond motifs is 1. The summed E-state index contributed by atoms with van der Waals surface area (Å²) in [5.74, 6) is 1.86. The molecule has 1 saturated heterocycles. The van der Waals surface area contributed by atoms with Gasteiger partial charge < -0.3 is 20.3 Å². The van der Waals surface area contributed by atoms with Crippen molar-refractivity contribution in [2.24, 2.45) is 0 Å². The Balaban J connectivity index is 1.20. The summed E-state index contributed by atoms with van der Waals surface area (Å²) >= 11 is 0. The largest absolute Gasteiger partial charge is 0.497 e. The van der Waals surface area contributed by atoms with Crippen LogP contribution in [0.4, 0.5) is 10.6 Å². The van der Waals surface area contributed by atoms with E-state index in [-0.39, 0.29) is 12.1 Å². The Morgan fingerprint density at radius 3 is 2.76 bits per heavy atom. The summed E-state index contributed by atoms with van der Waals surface area (Å²) < 4.78 is 5.16. The predicted molar refractivity (Wildman–Crippen MR) is 113 cm³/mol. The van der Waals surface area contributed by atoms with Gasteiger partial charge in [0.1, 0.15) is 17.9 Å². The zero-order valence-electron chi connectivity index (χ0n) is 16.7. The molecular weight excluding hydrogens is 366 g/mol. The highest BCUT2D eigenvalue weighted by Crippen LogP contribution is 2.28. The monoisotopic (exact) mass is 393 g/mol. The van der Waals surface area contributed by atoms with E-state index in [4.69, 9.17) is 4.74 Å². The van der Waals surface area contributed by atoms with E-state index in [0.29, 0.717) is 6.54 Å². The van der Waals surface area contributed by atoms with Gasteiger partial charge in [0.15, 0.2) is 0 Å². The fourth-order valence-electron chi connectivity index (χ4n) is 3.88. The number of nitrogens with zero attached hydrogens (tertiary/aromatic N) is 3. The molecule has 0 saturated carbocycles. The van der Waals surface area contributed by atoms with Crippen LogP contribution in [0, 0.1) is 0 Å². The number of amides is 2. The predicted octanol–water partition coefficient (Wildman–Crippen LogP) is 2.57. The number of urea groups is 1. The number of carbonyl (C=O) groups excluding carboxylic acids is 1. The summed E-state index contributed by atoms with van der Waals surface area (Å²) in [6.45, 7) is 2.37. The number of nitrogens with one attached hydrogen (secondary N) is 2. The molecule has 0 atom stereocenters. The minimum atomic E-state index is -0.0946. The first-order valence-corrected chi connectivity index (χ1v) is 10.2. The fraction of sp³-hybridized carbons (Fsp3) is 0.409.